The quantitative estimate of drug-likeness (QED) is 0.693. The van der Waals surface area contributed by atoms with Crippen LogP contribution < -0.4 is 5.32 Å². The fraction of sp³-hybridized carbons (Fsp3) is 0.409. The van der Waals surface area contributed by atoms with Gasteiger partial charge in [-0.3, -0.25) is 9.69 Å². The Labute approximate surface area is 166 Å². The number of halogens is 1. The summed E-state index contributed by atoms with van der Waals surface area (Å²) in [5, 5.41) is 13.0. The van der Waals surface area contributed by atoms with Crippen LogP contribution in [0.1, 0.15) is 22.3 Å². The molecule has 0 aromatic heterocycles. The molecule has 0 bridgehead atoms. The Morgan fingerprint density at radius 1 is 1.21 bits per heavy atom. The number of carbonyl (C=O) groups excluding carboxylic acids is 1. The van der Waals surface area contributed by atoms with Crippen LogP contribution in [0.3, 0.4) is 0 Å². The van der Waals surface area contributed by atoms with Crippen molar-refractivity contribution in [2.24, 2.45) is 0 Å². The first-order valence-corrected chi connectivity index (χ1v) is 9.31. The molecule has 0 spiro atoms. The lowest BCUT2D eigenvalue weighted by Gasteiger charge is -2.21. The number of aryl methyl sites for hydroxylation is 3. The minimum atomic E-state index is -0.771. The van der Waals surface area contributed by atoms with Crippen molar-refractivity contribution in [2.45, 2.75) is 33.5 Å². The maximum absolute atomic E-state index is 13.5. The van der Waals surface area contributed by atoms with Crippen LogP contribution in [-0.4, -0.2) is 48.8 Å². The van der Waals surface area contributed by atoms with Gasteiger partial charge in [0.1, 0.15) is 5.82 Å². The number of carbonyl (C=O) groups is 1. The first kappa shape index (κ1) is 22.0. The van der Waals surface area contributed by atoms with E-state index in [1.807, 2.05) is 32.9 Å². The van der Waals surface area contributed by atoms with Gasteiger partial charge in [-0.15, -0.1) is 0 Å². The third-order valence-corrected chi connectivity index (χ3v) is 4.40. The van der Waals surface area contributed by atoms with Crippen LogP contribution in [0.15, 0.2) is 36.4 Å². The van der Waals surface area contributed by atoms with Gasteiger partial charge in [0, 0.05) is 17.8 Å². The van der Waals surface area contributed by atoms with E-state index in [1.165, 1.54) is 6.07 Å². The fourth-order valence-electron chi connectivity index (χ4n) is 3.20. The molecule has 5 nitrogen and oxygen atoms in total. The SMILES string of the molecule is Cc1cc(C)c(NC(=O)CN(C)CC(O)COCc2ccccc2F)c(C)c1. The van der Waals surface area contributed by atoms with Crippen LogP contribution in [0.4, 0.5) is 10.1 Å². The first-order chi connectivity index (χ1) is 13.3. The molecule has 0 saturated carbocycles. The molecule has 0 aliphatic carbocycles. The van der Waals surface area contributed by atoms with Crippen LogP contribution in [-0.2, 0) is 16.1 Å². The largest absolute Gasteiger partial charge is 0.389 e. The smallest absolute Gasteiger partial charge is 0.238 e. The molecule has 1 amide bonds. The van der Waals surface area contributed by atoms with E-state index in [1.54, 1.807) is 30.1 Å². The summed E-state index contributed by atoms with van der Waals surface area (Å²) in [7, 11) is 1.76. The molecule has 2 aromatic rings. The normalized spacial score (nSPS) is 12.2. The van der Waals surface area contributed by atoms with Crippen molar-refractivity contribution in [3.63, 3.8) is 0 Å². The van der Waals surface area contributed by atoms with Gasteiger partial charge in [0.05, 0.1) is 25.9 Å². The number of amides is 1. The zero-order valence-corrected chi connectivity index (χ0v) is 17.0. The van der Waals surface area contributed by atoms with Gasteiger partial charge in [-0.2, -0.15) is 0 Å². The molecule has 28 heavy (non-hydrogen) atoms. The lowest BCUT2D eigenvalue weighted by Crippen LogP contribution is -2.37. The molecule has 1 atom stereocenters. The summed E-state index contributed by atoms with van der Waals surface area (Å²) in [6, 6.07) is 10.4. The number of benzene rings is 2. The number of hydrogen-bond acceptors (Lipinski definition) is 4. The fourth-order valence-corrected chi connectivity index (χ4v) is 3.20. The second-order valence-corrected chi connectivity index (χ2v) is 7.28. The summed E-state index contributed by atoms with van der Waals surface area (Å²) < 4.78 is 18.9. The van der Waals surface area contributed by atoms with E-state index in [-0.39, 0.29) is 38.0 Å². The monoisotopic (exact) mass is 388 g/mol. The van der Waals surface area contributed by atoms with Crippen LogP contribution >= 0.6 is 0 Å². The summed E-state index contributed by atoms with van der Waals surface area (Å²) in [5.74, 6) is -0.468. The Bertz CT molecular complexity index is 787. The van der Waals surface area contributed by atoms with Crippen molar-refractivity contribution in [1.29, 1.82) is 0 Å². The van der Waals surface area contributed by atoms with Gasteiger partial charge in [-0.25, -0.2) is 4.39 Å². The number of nitrogens with zero attached hydrogens (tertiary/aromatic N) is 1. The predicted octanol–water partition coefficient (Wildman–Crippen LogP) is 3.20. The number of nitrogens with one attached hydrogen (secondary N) is 1. The van der Waals surface area contributed by atoms with E-state index in [9.17, 15) is 14.3 Å². The number of ether oxygens (including phenoxy) is 1. The molecule has 0 radical (unpaired) electrons. The number of likely N-dealkylation sites (N-methyl/N-ethyl adjacent to an activating group) is 1. The van der Waals surface area contributed by atoms with Crippen LogP contribution in [0, 0.1) is 26.6 Å². The van der Waals surface area contributed by atoms with E-state index < -0.39 is 6.10 Å². The summed E-state index contributed by atoms with van der Waals surface area (Å²) in [4.78, 5) is 14.1. The lowest BCUT2D eigenvalue weighted by molar-refractivity contribution is -0.117. The summed E-state index contributed by atoms with van der Waals surface area (Å²) in [6.07, 6.45) is -0.771. The van der Waals surface area contributed by atoms with Gasteiger partial charge in [0.25, 0.3) is 0 Å². The summed E-state index contributed by atoms with van der Waals surface area (Å²) in [5.41, 5.74) is 4.48. The summed E-state index contributed by atoms with van der Waals surface area (Å²) in [6.45, 7) is 6.55. The Morgan fingerprint density at radius 2 is 1.86 bits per heavy atom. The van der Waals surface area contributed by atoms with Gasteiger partial charge < -0.3 is 15.2 Å². The minimum Gasteiger partial charge on any atom is -0.389 e. The van der Waals surface area contributed by atoms with Crippen LogP contribution in [0.5, 0.6) is 0 Å². The maximum Gasteiger partial charge on any atom is 0.238 e. The molecule has 0 aliphatic rings. The molecule has 1 unspecified atom stereocenters. The van der Waals surface area contributed by atoms with Gasteiger partial charge in [0.15, 0.2) is 0 Å². The van der Waals surface area contributed by atoms with Crippen molar-refractivity contribution in [2.75, 3.05) is 32.1 Å². The minimum absolute atomic E-state index is 0.0659. The average Bonchev–Trinajstić information content (AvgIpc) is 2.59. The molecular formula is C22H29FN2O3. The van der Waals surface area contributed by atoms with Crippen molar-refractivity contribution in [3.8, 4) is 0 Å². The molecule has 2 aromatic carbocycles. The first-order valence-electron chi connectivity index (χ1n) is 9.31. The Hall–Kier alpha value is -2.28. The molecule has 2 N–H and O–H groups in total. The zero-order chi connectivity index (χ0) is 20.7. The molecule has 0 saturated heterocycles. The molecule has 0 aliphatic heterocycles. The maximum atomic E-state index is 13.5. The second kappa shape index (κ2) is 10.3. The standard InChI is InChI=1S/C22H29FN2O3/c1-15-9-16(2)22(17(3)10-15)24-21(27)12-25(4)11-19(26)14-28-13-18-7-5-6-8-20(18)23/h5-10,19,26H,11-14H2,1-4H3,(H,24,27). The molecule has 6 heteroatoms. The lowest BCUT2D eigenvalue weighted by atomic mass is 10.1. The van der Waals surface area contributed by atoms with E-state index in [0.29, 0.717) is 5.56 Å². The summed E-state index contributed by atoms with van der Waals surface area (Å²) >= 11 is 0. The highest BCUT2D eigenvalue weighted by Gasteiger charge is 2.14. The van der Waals surface area contributed by atoms with Gasteiger partial charge in [-0.1, -0.05) is 35.9 Å². The molecule has 0 heterocycles. The molecule has 2 rings (SSSR count). The van der Waals surface area contributed by atoms with Crippen LogP contribution in [0.2, 0.25) is 0 Å². The van der Waals surface area contributed by atoms with E-state index in [0.717, 1.165) is 22.4 Å². The number of aliphatic hydroxyl groups is 1. The number of hydrogen-bond donors (Lipinski definition) is 2. The van der Waals surface area contributed by atoms with Gasteiger partial charge in [-0.05, 0) is 45.0 Å². The number of aliphatic hydroxyl groups excluding tert-OH is 1. The number of rotatable bonds is 9. The van der Waals surface area contributed by atoms with E-state index >= 15 is 0 Å². The second-order valence-electron chi connectivity index (χ2n) is 7.28. The van der Waals surface area contributed by atoms with Crippen molar-refractivity contribution >= 4 is 11.6 Å². The Balaban J connectivity index is 1.76. The topological polar surface area (TPSA) is 61.8 Å². The van der Waals surface area contributed by atoms with Crippen molar-refractivity contribution < 1.29 is 19.0 Å². The number of anilines is 1. The van der Waals surface area contributed by atoms with Crippen LogP contribution in [0.25, 0.3) is 0 Å². The third kappa shape index (κ3) is 6.71. The molecule has 152 valence electrons. The van der Waals surface area contributed by atoms with E-state index in [2.05, 4.69) is 5.32 Å². The van der Waals surface area contributed by atoms with Crippen molar-refractivity contribution in [3.05, 3.63) is 64.5 Å². The van der Waals surface area contributed by atoms with Gasteiger partial charge in [0.2, 0.25) is 5.91 Å². The molecule has 0 fully saturated rings. The third-order valence-electron chi connectivity index (χ3n) is 4.40. The predicted molar refractivity (Wildman–Crippen MR) is 109 cm³/mol. The molecular weight excluding hydrogens is 359 g/mol. The van der Waals surface area contributed by atoms with Crippen molar-refractivity contribution in [1.82, 2.24) is 4.90 Å². The van der Waals surface area contributed by atoms with Gasteiger partial charge >= 0.3 is 0 Å². The zero-order valence-electron chi connectivity index (χ0n) is 17.0. The highest BCUT2D eigenvalue weighted by Crippen LogP contribution is 2.21. The Kier molecular flexibility index (Phi) is 8.11. The Morgan fingerprint density at radius 3 is 2.50 bits per heavy atom. The highest BCUT2D eigenvalue weighted by molar-refractivity contribution is 5.93. The van der Waals surface area contributed by atoms with E-state index in [4.69, 9.17) is 4.74 Å². The highest BCUT2D eigenvalue weighted by atomic mass is 19.1. The average molecular weight is 388 g/mol.